The molecule has 0 spiro atoms. The smallest absolute Gasteiger partial charge is 0.324 e. The van der Waals surface area contributed by atoms with Crippen molar-refractivity contribution >= 4 is 27.4 Å². The van der Waals surface area contributed by atoms with E-state index in [1.165, 1.54) is 10.6 Å². The van der Waals surface area contributed by atoms with Gasteiger partial charge in [0.2, 0.25) is 10.0 Å². The van der Waals surface area contributed by atoms with Crippen LogP contribution < -0.4 is 15.0 Å². The SMILES string of the molecule is CCc1cccc(Cl)c1Oc1nc(NS(=O)(=O)C(C)C)cc(-c2cc(C)c(=O)n(C)c2)n1. The van der Waals surface area contributed by atoms with Crippen LogP contribution in [-0.4, -0.2) is 28.2 Å². The number of aromatic nitrogens is 3. The third-order valence-corrected chi connectivity index (χ3v) is 6.89. The van der Waals surface area contributed by atoms with Crippen molar-refractivity contribution in [1.29, 1.82) is 0 Å². The van der Waals surface area contributed by atoms with Crippen molar-refractivity contribution in [2.45, 2.75) is 39.4 Å². The van der Waals surface area contributed by atoms with Gasteiger partial charge in [-0.3, -0.25) is 9.52 Å². The number of hydrogen-bond donors (Lipinski definition) is 1. The van der Waals surface area contributed by atoms with Gasteiger partial charge in [0.25, 0.3) is 5.56 Å². The Morgan fingerprint density at radius 3 is 2.56 bits per heavy atom. The molecule has 1 aromatic carbocycles. The molecule has 0 radical (unpaired) electrons. The molecular formula is C22H25ClN4O4S. The summed E-state index contributed by atoms with van der Waals surface area (Å²) in [5.41, 5.74) is 2.24. The number of para-hydroxylation sites is 1. The predicted molar refractivity (Wildman–Crippen MR) is 126 cm³/mol. The number of pyridine rings is 1. The first-order chi connectivity index (χ1) is 15.0. The van der Waals surface area contributed by atoms with Gasteiger partial charge in [0, 0.05) is 30.4 Å². The zero-order valence-electron chi connectivity index (χ0n) is 18.5. The number of halogens is 1. The molecule has 2 aromatic heterocycles. The summed E-state index contributed by atoms with van der Waals surface area (Å²) >= 11 is 6.33. The molecule has 0 bridgehead atoms. The van der Waals surface area contributed by atoms with Gasteiger partial charge < -0.3 is 9.30 Å². The van der Waals surface area contributed by atoms with E-state index in [0.717, 1.165) is 5.56 Å². The lowest BCUT2D eigenvalue weighted by Gasteiger charge is -2.15. The average Bonchev–Trinajstić information content (AvgIpc) is 2.72. The van der Waals surface area contributed by atoms with Gasteiger partial charge in [0.15, 0.2) is 5.75 Å². The van der Waals surface area contributed by atoms with E-state index in [1.807, 2.05) is 19.1 Å². The highest BCUT2D eigenvalue weighted by Crippen LogP contribution is 2.33. The molecule has 0 saturated carbocycles. The second kappa shape index (κ2) is 9.30. The van der Waals surface area contributed by atoms with Gasteiger partial charge in [-0.15, -0.1) is 0 Å². The maximum absolute atomic E-state index is 12.4. The Balaban J connectivity index is 2.16. The summed E-state index contributed by atoms with van der Waals surface area (Å²) in [6.07, 6.45) is 2.29. The maximum Gasteiger partial charge on any atom is 0.324 e. The fourth-order valence-corrected chi connectivity index (χ4v) is 3.85. The molecule has 3 aromatic rings. The van der Waals surface area contributed by atoms with E-state index >= 15 is 0 Å². The van der Waals surface area contributed by atoms with Crippen molar-refractivity contribution in [2.24, 2.45) is 7.05 Å². The van der Waals surface area contributed by atoms with Gasteiger partial charge in [0.1, 0.15) is 5.82 Å². The van der Waals surface area contributed by atoms with Crippen molar-refractivity contribution in [2.75, 3.05) is 4.72 Å². The van der Waals surface area contributed by atoms with Crippen LogP contribution in [0.5, 0.6) is 11.8 Å². The molecule has 0 amide bonds. The highest BCUT2D eigenvalue weighted by Gasteiger charge is 2.19. The van der Waals surface area contributed by atoms with Gasteiger partial charge in [-0.25, -0.2) is 8.42 Å². The topological polar surface area (TPSA) is 103 Å². The Morgan fingerprint density at radius 1 is 1.22 bits per heavy atom. The molecule has 0 aliphatic rings. The molecule has 8 nitrogen and oxygen atoms in total. The van der Waals surface area contributed by atoms with Crippen LogP contribution in [0.25, 0.3) is 11.3 Å². The van der Waals surface area contributed by atoms with Gasteiger partial charge >= 0.3 is 6.01 Å². The first kappa shape index (κ1) is 23.7. The molecule has 3 rings (SSSR count). The molecule has 32 heavy (non-hydrogen) atoms. The Morgan fingerprint density at radius 2 is 1.94 bits per heavy atom. The first-order valence-electron chi connectivity index (χ1n) is 10.1. The monoisotopic (exact) mass is 476 g/mol. The largest absolute Gasteiger partial charge is 0.422 e. The molecule has 0 aliphatic heterocycles. The van der Waals surface area contributed by atoms with E-state index in [0.29, 0.717) is 34.0 Å². The summed E-state index contributed by atoms with van der Waals surface area (Å²) in [5.74, 6) is 0.457. The number of benzene rings is 1. The molecule has 10 heteroatoms. The molecule has 0 atom stereocenters. The molecule has 2 heterocycles. The number of nitrogens with one attached hydrogen (secondary N) is 1. The second-order valence-corrected chi connectivity index (χ2v) is 10.3. The molecule has 0 unspecified atom stereocenters. The molecule has 0 fully saturated rings. The summed E-state index contributed by atoms with van der Waals surface area (Å²) < 4.78 is 34.7. The van der Waals surface area contributed by atoms with Gasteiger partial charge in [-0.2, -0.15) is 9.97 Å². The minimum absolute atomic E-state index is 0.0512. The molecule has 0 aliphatic carbocycles. The van der Waals surface area contributed by atoms with Crippen molar-refractivity contribution in [3.63, 3.8) is 0 Å². The fraction of sp³-hybridized carbons (Fsp3) is 0.318. The number of ether oxygens (including phenoxy) is 1. The highest BCUT2D eigenvalue weighted by molar-refractivity contribution is 7.93. The second-order valence-electron chi connectivity index (χ2n) is 7.63. The Bertz CT molecular complexity index is 1290. The summed E-state index contributed by atoms with van der Waals surface area (Å²) in [6, 6.07) is 8.50. The lowest BCUT2D eigenvalue weighted by Crippen LogP contribution is -2.23. The van der Waals surface area contributed by atoms with E-state index < -0.39 is 15.3 Å². The van der Waals surface area contributed by atoms with E-state index in [1.54, 1.807) is 46.1 Å². The Labute approximate surface area is 192 Å². The Kier molecular flexibility index (Phi) is 6.90. The summed E-state index contributed by atoms with van der Waals surface area (Å²) in [4.78, 5) is 20.8. The van der Waals surface area contributed by atoms with Crippen molar-refractivity contribution in [3.05, 3.63) is 63.0 Å². The van der Waals surface area contributed by atoms with Crippen LogP contribution in [0.3, 0.4) is 0 Å². The van der Waals surface area contributed by atoms with Crippen molar-refractivity contribution in [3.8, 4) is 23.0 Å². The standard InChI is InChI=1S/C22H25ClN4O4S/c1-6-15-8-7-9-17(23)20(15)31-22-24-18(16-10-14(4)21(28)27(5)12-16)11-19(25-22)26-32(29,30)13(2)3/h7-13H,6H2,1-5H3,(H,24,25,26). The number of sulfonamides is 1. The number of rotatable bonds is 7. The minimum atomic E-state index is -3.66. The van der Waals surface area contributed by atoms with E-state index in [9.17, 15) is 13.2 Å². The third-order valence-electron chi connectivity index (χ3n) is 4.85. The van der Waals surface area contributed by atoms with Crippen LogP contribution in [0, 0.1) is 6.92 Å². The van der Waals surface area contributed by atoms with Gasteiger partial charge in [-0.05, 0) is 44.9 Å². The lowest BCUT2D eigenvalue weighted by atomic mass is 10.1. The average molecular weight is 477 g/mol. The summed E-state index contributed by atoms with van der Waals surface area (Å²) in [5, 5.41) is -0.277. The fourth-order valence-electron chi connectivity index (χ4n) is 2.99. The summed E-state index contributed by atoms with van der Waals surface area (Å²) in [7, 11) is -2.02. The number of nitrogens with zero attached hydrogens (tertiary/aromatic N) is 3. The molecule has 0 saturated heterocycles. The zero-order valence-corrected chi connectivity index (χ0v) is 20.1. The number of aryl methyl sites for hydroxylation is 3. The molecule has 170 valence electrons. The van der Waals surface area contributed by atoms with Crippen molar-refractivity contribution in [1.82, 2.24) is 14.5 Å². The van der Waals surface area contributed by atoms with Crippen LogP contribution >= 0.6 is 11.6 Å². The lowest BCUT2D eigenvalue weighted by molar-refractivity contribution is 0.439. The molecule has 1 N–H and O–H groups in total. The van der Waals surface area contributed by atoms with Crippen LogP contribution in [0.2, 0.25) is 5.02 Å². The van der Waals surface area contributed by atoms with Crippen LogP contribution in [-0.2, 0) is 23.5 Å². The molecular weight excluding hydrogens is 452 g/mol. The van der Waals surface area contributed by atoms with Crippen molar-refractivity contribution < 1.29 is 13.2 Å². The van der Waals surface area contributed by atoms with Crippen LogP contribution in [0.4, 0.5) is 5.82 Å². The van der Waals surface area contributed by atoms with Gasteiger partial charge in [0.05, 0.1) is 16.0 Å². The van der Waals surface area contributed by atoms with E-state index in [2.05, 4.69) is 14.7 Å². The maximum atomic E-state index is 12.4. The zero-order chi connectivity index (χ0) is 23.6. The number of anilines is 1. The number of hydrogen-bond acceptors (Lipinski definition) is 6. The van der Waals surface area contributed by atoms with Crippen LogP contribution in [0.1, 0.15) is 31.9 Å². The summed E-state index contributed by atoms with van der Waals surface area (Å²) in [6.45, 7) is 6.79. The third kappa shape index (κ3) is 5.11. The first-order valence-corrected chi connectivity index (χ1v) is 12.0. The van der Waals surface area contributed by atoms with Gasteiger partial charge in [-0.1, -0.05) is 30.7 Å². The van der Waals surface area contributed by atoms with Crippen LogP contribution in [0.15, 0.2) is 41.3 Å². The van der Waals surface area contributed by atoms with E-state index in [-0.39, 0.29) is 17.4 Å². The Hall–Kier alpha value is -2.91. The minimum Gasteiger partial charge on any atom is -0.422 e. The normalized spacial score (nSPS) is 11.6. The predicted octanol–water partition coefficient (Wildman–Crippen LogP) is 4.31. The highest BCUT2D eigenvalue weighted by atomic mass is 35.5. The van der Waals surface area contributed by atoms with E-state index in [4.69, 9.17) is 16.3 Å². The quantitative estimate of drug-likeness (QED) is 0.545.